The van der Waals surface area contributed by atoms with E-state index >= 15 is 0 Å². The number of amides is 2. The van der Waals surface area contributed by atoms with Gasteiger partial charge in [0, 0.05) is 25.9 Å². The summed E-state index contributed by atoms with van der Waals surface area (Å²) in [5.41, 5.74) is 0.205. The summed E-state index contributed by atoms with van der Waals surface area (Å²) < 4.78 is 37.6. The topological polar surface area (TPSA) is 110 Å². The van der Waals surface area contributed by atoms with E-state index in [1.165, 1.54) is 36.7 Å². The summed E-state index contributed by atoms with van der Waals surface area (Å²) in [6.07, 6.45) is 0.927. The number of esters is 1. The van der Waals surface area contributed by atoms with E-state index < -0.39 is 10.0 Å². The van der Waals surface area contributed by atoms with Crippen molar-refractivity contribution < 1.29 is 32.3 Å². The molecule has 0 N–H and O–H groups in total. The number of sulfonamides is 1. The molecule has 0 unspecified atom stereocenters. The smallest absolute Gasteiger partial charge is 0.308 e. The summed E-state index contributed by atoms with van der Waals surface area (Å²) in [5, 5.41) is 0. The monoisotopic (exact) mass is 410 g/mol. The average molecular weight is 410 g/mol. The fourth-order valence-electron chi connectivity index (χ4n) is 3.51. The van der Waals surface area contributed by atoms with Crippen molar-refractivity contribution in [3.63, 3.8) is 0 Å². The highest BCUT2D eigenvalue weighted by atomic mass is 32.2. The molecule has 0 saturated carbocycles. The number of carbonyl (C=O) groups excluding carboxylic acids is 3. The number of nitrogens with zero attached hydrogens (tertiary/aromatic N) is 2. The fourth-order valence-corrected chi connectivity index (χ4v) is 5.15. The molecule has 0 aromatic heterocycles. The third kappa shape index (κ3) is 3.61. The molecule has 2 aliphatic heterocycles. The molecule has 0 atom stereocenters. The fraction of sp³-hybridized carbons (Fsp3) is 0.500. The Morgan fingerprint density at radius 3 is 2.21 bits per heavy atom. The van der Waals surface area contributed by atoms with Crippen molar-refractivity contribution >= 4 is 33.5 Å². The van der Waals surface area contributed by atoms with Crippen LogP contribution in [0.2, 0.25) is 0 Å². The lowest BCUT2D eigenvalue weighted by molar-refractivity contribution is -0.146. The Bertz CT molecular complexity index is 889. The number of rotatable bonds is 5. The second-order valence-corrected chi connectivity index (χ2v) is 8.57. The molecule has 2 heterocycles. The molecule has 2 aliphatic rings. The summed E-state index contributed by atoms with van der Waals surface area (Å²) in [7, 11) is -1.28. The van der Waals surface area contributed by atoms with E-state index in [1.54, 1.807) is 0 Å². The van der Waals surface area contributed by atoms with Gasteiger partial charge in [-0.05, 0) is 31.0 Å². The lowest BCUT2D eigenvalue weighted by Crippen LogP contribution is -2.40. The molecule has 2 fully saturated rings. The molecule has 0 spiro atoms. The van der Waals surface area contributed by atoms with Crippen LogP contribution in [0.5, 0.6) is 5.75 Å². The van der Waals surface area contributed by atoms with Crippen molar-refractivity contribution in [2.24, 2.45) is 5.92 Å². The van der Waals surface area contributed by atoms with Gasteiger partial charge in [0.2, 0.25) is 21.8 Å². The minimum Gasteiger partial charge on any atom is -0.495 e. The molecule has 0 radical (unpaired) electrons. The number of hydrogen-bond acceptors (Lipinski definition) is 7. The first-order chi connectivity index (χ1) is 13.3. The zero-order valence-electron chi connectivity index (χ0n) is 15.7. The molecular weight excluding hydrogens is 388 g/mol. The van der Waals surface area contributed by atoms with E-state index in [2.05, 4.69) is 0 Å². The predicted octanol–water partition coefficient (Wildman–Crippen LogP) is 0.922. The molecule has 0 aliphatic carbocycles. The Morgan fingerprint density at radius 1 is 1.07 bits per heavy atom. The van der Waals surface area contributed by atoms with Crippen LogP contribution in [0.1, 0.15) is 25.7 Å². The van der Waals surface area contributed by atoms with Crippen molar-refractivity contribution in [1.29, 1.82) is 0 Å². The van der Waals surface area contributed by atoms with Crippen LogP contribution in [0, 0.1) is 5.92 Å². The highest BCUT2D eigenvalue weighted by Crippen LogP contribution is 2.34. The lowest BCUT2D eigenvalue weighted by atomic mass is 9.99. The summed E-state index contributed by atoms with van der Waals surface area (Å²) in [5.74, 6) is -1.28. The highest BCUT2D eigenvalue weighted by molar-refractivity contribution is 7.89. The number of hydrogen-bond donors (Lipinski definition) is 0. The maximum absolute atomic E-state index is 13.2. The minimum absolute atomic E-state index is 0.105. The van der Waals surface area contributed by atoms with E-state index in [-0.39, 0.29) is 66.0 Å². The van der Waals surface area contributed by atoms with Gasteiger partial charge in [0.25, 0.3) is 0 Å². The van der Waals surface area contributed by atoms with E-state index in [9.17, 15) is 22.8 Å². The normalized spacial score (nSPS) is 19.1. The Morgan fingerprint density at radius 2 is 1.68 bits per heavy atom. The molecule has 152 valence electrons. The number of piperidine rings is 1. The van der Waals surface area contributed by atoms with E-state index in [4.69, 9.17) is 9.47 Å². The summed E-state index contributed by atoms with van der Waals surface area (Å²) in [4.78, 5) is 36.6. The van der Waals surface area contributed by atoms with E-state index in [1.807, 2.05) is 0 Å². The molecule has 1 aromatic carbocycles. The Kier molecular flexibility index (Phi) is 5.71. The van der Waals surface area contributed by atoms with Gasteiger partial charge in [0.1, 0.15) is 10.6 Å². The number of benzene rings is 1. The van der Waals surface area contributed by atoms with Gasteiger partial charge < -0.3 is 9.47 Å². The SMILES string of the molecule is COC(=O)C1CCN(S(=O)(=O)c2cc(N3C(=O)CCC3=O)ccc2OC)CC1. The van der Waals surface area contributed by atoms with Crippen LogP contribution in [-0.4, -0.2) is 57.8 Å². The van der Waals surface area contributed by atoms with Gasteiger partial charge in [-0.1, -0.05) is 0 Å². The van der Waals surface area contributed by atoms with Gasteiger partial charge in [0.15, 0.2) is 0 Å². The largest absolute Gasteiger partial charge is 0.495 e. The highest BCUT2D eigenvalue weighted by Gasteiger charge is 2.36. The third-order valence-corrected chi connectivity index (χ3v) is 6.98. The van der Waals surface area contributed by atoms with Crippen molar-refractivity contribution in [2.75, 3.05) is 32.2 Å². The van der Waals surface area contributed by atoms with E-state index in [0.29, 0.717) is 12.8 Å². The average Bonchev–Trinajstić information content (AvgIpc) is 3.05. The molecule has 3 rings (SSSR count). The predicted molar refractivity (Wildman–Crippen MR) is 98.2 cm³/mol. The van der Waals surface area contributed by atoms with Crippen LogP contribution in [0.15, 0.2) is 23.1 Å². The van der Waals surface area contributed by atoms with Gasteiger partial charge in [-0.15, -0.1) is 0 Å². The van der Waals surface area contributed by atoms with Crippen LogP contribution in [0.25, 0.3) is 0 Å². The molecule has 2 saturated heterocycles. The standard InChI is InChI=1S/C18H22N2O7S/c1-26-14-4-3-13(20-16(21)5-6-17(20)22)11-15(14)28(24,25)19-9-7-12(8-10-19)18(23)27-2/h3-4,11-12H,5-10H2,1-2H3. The second-order valence-electron chi connectivity index (χ2n) is 6.66. The van der Waals surface area contributed by atoms with Crippen LogP contribution in [0.4, 0.5) is 5.69 Å². The van der Waals surface area contributed by atoms with Crippen LogP contribution in [-0.2, 0) is 29.1 Å². The van der Waals surface area contributed by atoms with Gasteiger partial charge in [-0.25, -0.2) is 8.42 Å². The van der Waals surface area contributed by atoms with Crippen LogP contribution in [0.3, 0.4) is 0 Å². The van der Waals surface area contributed by atoms with Gasteiger partial charge >= 0.3 is 5.97 Å². The van der Waals surface area contributed by atoms with Crippen molar-refractivity contribution in [3.05, 3.63) is 18.2 Å². The molecule has 2 amide bonds. The Balaban J connectivity index is 1.91. The van der Waals surface area contributed by atoms with Crippen molar-refractivity contribution in [3.8, 4) is 5.75 Å². The number of ether oxygens (including phenoxy) is 2. The molecule has 28 heavy (non-hydrogen) atoms. The first kappa shape index (κ1) is 20.3. The Hall–Kier alpha value is -2.46. The molecule has 10 heteroatoms. The first-order valence-corrected chi connectivity index (χ1v) is 10.4. The Labute approximate surface area is 163 Å². The number of anilines is 1. The summed E-state index contributed by atoms with van der Waals surface area (Å²) in [6.45, 7) is 0.327. The maximum atomic E-state index is 13.2. The first-order valence-electron chi connectivity index (χ1n) is 8.91. The molecule has 0 bridgehead atoms. The van der Waals surface area contributed by atoms with Gasteiger partial charge in [-0.2, -0.15) is 4.31 Å². The summed E-state index contributed by atoms with van der Waals surface area (Å²) in [6, 6.07) is 4.21. The number of imide groups is 1. The van der Waals surface area contributed by atoms with Crippen molar-refractivity contribution in [1.82, 2.24) is 4.31 Å². The number of methoxy groups -OCH3 is 2. The minimum atomic E-state index is -3.94. The van der Waals surface area contributed by atoms with Crippen molar-refractivity contribution in [2.45, 2.75) is 30.6 Å². The van der Waals surface area contributed by atoms with Gasteiger partial charge in [-0.3, -0.25) is 19.3 Å². The lowest BCUT2D eigenvalue weighted by Gasteiger charge is -2.30. The van der Waals surface area contributed by atoms with Crippen LogP contribution >= 0.6 is 0 Å². The second kappa shape index (κ2) is 7.88. The quantitative estimate of drug-likeness (QED) is 0.524. The molecular formula is C18H22N2O7S. The third-order valence-electron chi connectivity index (χ3n) is 5.06. The molecule has 9 nitrogen and oxygen atoms in total. The number of carbonyl (C=O) groups is 3. The van der Waals surface area contributed by atoms with E-state index in [0.717, 1.165) is 4.90 Å². The summed E-state index contributed by atoms with van der Waals surface area (Å²) >= 11 is 0. The maximum Gasteiger partial charge on any atom is 0.308 e. The molecule has 1 aromatic rings. The zero-order chi connectivity index (χ0) is 20.5. The zero-order valence-corrected chi connectivity index (χ0v) is 16.5. The van der Waals surface area contributed by atoms with Crippen LogP contribution < -0.4 is 9.64 Å². The van der Waals surface area contributed by atoms with Gasteiger partial charge in [0.05, 0.1) is 25.8 Å².